The van der Waals surface area contributed by atoms with Crippen LogP contribution >= 0.6 is 0 Å². The predicted octanol–water partition coefficient (Wildman–Crippen LogP) is 3.19. The third kappa shape index (κ3) is 2.56. The molecule has 2 aromatic rings. The second-order valence-electron chi connectivity index (χ2n) is 5.50. The first kappa shape index (κ1) is 14.5. The van der Waals surface area contributed by atoms with Crippen LogP contribution < -0.4 is 0 Å². The van der Waals surface area contributed by atoms with Crippen molar-refractivity contribution in [1.82, 2.24) is 9.29 Å². The quantitative estimate of drug-likeness (QED) is 0.875. The van der Waals surface area contributed by atoms with Crippen LogP contribution in [0.15, 0.2) is 41.4 Å². The number of hydrogen-bond acceptors (Lipinski definition) is 3. The van der Waals surface area contributed by atoms with Crippen LogP contribution in [0.1, 0.15) is 32.6 Å². The molecule has 1 atom stereocenters. The van der Waals surface area contributed by atoms with Gasteiger partial charge in [0.25, 0.3) is 0 Å². The number of nitrogens with zero attached hydrogens (tertiary/aromatic N) is 2. The summed E-state index contributed by atoms with van der Waals surface area (Å²) in [6.07, 6.45) is 5.51. The van der Waals surface area contributed by atoms with E-state index in [1.165, 1.54) is 0 Å². The Bertz CT molecular complexity index is 738. The normalized spacial score (nSPS) is 20.7. The third-order valence-electron chi connectivity index (χ3n) is 4.23. The van der Waals surface area contributed by atoms with E-state index < -0.39 is 10.0 Å². The number of fused-ring (bicyclic) bond motifs is 1. The van der Waals surface area contributed by atoms with Crippen molar-refractivity contribution in [3.8, 4) is 0 Å². The maximum absolute atomic E-state index is 13.1. The second-order valence-corrected chi connectivity index (χ2v) is 7.36. The van der Waals surface area contributed by atoms with Crippen molar-refractivity contribution >= 4 is 20.9 Å². The van der Waals surface area contributed by atoms with Gasteiger partial charge in [-0.25, -0.2) is 8.42 Å². The molecule has 4 nitrogen and oxygen atoms in total. The average molecular weight is 304 g/mol. The molecular weight excluding hydrogens is 284 g/mol. The van der Waals surface area contributed by atoms with E-state index in [4.69, 9.17) is 0 Å². The molecule has 1 aliphatic heterocycles. The lowest BCUT2D eigenvalue weighted by Gasteiger charge is -2.34. The molecule has 0 aliphatic carbocycles. The maximum Gasteiger partial charge on any atom is 0.245 e. The maximum atomic E-state index is 13.1. The highest BCUT2D eigenvalue weighted by molar-refractivity contribution is 7.89. The topological polar surface area (TPSA) is 50.3 Å². The van der Waals surface area contributed by atoms with Crippen LogP contribution in [-0.2, 0) is 10.0 Å². The molecule has 21 heavy (non-hydrogen) atoms. The van der Waals surface area contributed by atoms with Crippen LogP contribution in [0, 0.1) is 0 Å². The van der Waals surface area contributed by atoms with Crippen LogP contribution in [0.4, 0.5) is 0 Å². The minimum Gasteiger partial charge on any atom is -0.255 e. The number of pyridine rings is 1. The molecule has 1 aromatic carbocycles. The number of hydrogen-bond donors (Lipinski definition) is 0. The van der Waals surface area contributed by atoms with Crippen LogP contribution in [-0.4, -0.2) is 30.3 Å². The van der Waals surface area contributed by atoms with E-state index in [1.54, 1.807) is 22.6 Å². The second kappa shape index (κ2) is 5.73. The summed E-state index contributed by atoms with van der Waals surface area (Å²) >= 11 is 0. The molecule has 2 heterocycles. The Morgan fingerprint density at radius 3 is 2.86 bits per heavy atom. The van der Waals surface area contributed by atoms with Crippen molar-refractivity contribution in [2.75, 3.05) is 6.54 Å². The number of aromatic nitrogens is 1. The summed E-state index contributed by atoms with van der Waals surface area (Å²) in [5.41, 5.74) is 0.570. The zero-order chi connectivity index (χ0) is 14.9. The summed E-state index contributed by atoms with van der Waals surface area (Å²) in [6, 6.07) is 9.20. The molecule has 0 spiro atoms. The highest BCUT2D eigenvalue weighted by Crippen LogP contribution is 2.29. The summed E-state index contributed by atoms with van der Waals surface area (Å²) in [7, 11) is -3.48. The van der Waals surface area contributed by atoms with Crippen molar-refractivity contribution in [3.05, 3.63) is 36.5 Å². The van der Waals surface area contributed by atoms with Gasteiger partial charge in [-0.3, -0.25) is 4.98 Å². The Balaban J connectivity index is 2.12. The van der Waals surface area contributed by atoms with Gasteiger partial charge in [0.05, 0.1) is 5.52 Å². The molecule has 0 radical (unpaired) electrons. The summed E-state index contributed by atoms with van der Waals surface area (Å²) in [6.45, 7) is 2.67. The zero-order valence-corrected chi connectivity index (χ0v) is 13.0. The van der Waals surface area contributed by atoms with Gasteiger partial charge in [-0.05, 0) is 31.4 Å². The SMILES string of the molecule is CCC1CCCCN1S(=O)(=O)c1cccc2cccnc12. The van der Waals surface area contributed by atoms with Crippen molar-refractivity contribution in [2.24, 2.45) is 0 Å². The molecule has 0 saturated carbocycles. The van der Waals surface area contributed by atoms with Crippen LogP contribution in [0.5, 0.6) is 0 Å². The van der Waals surface area contributed by atoms with Crippen molar-refractivity contribution in [1.29, 1.82) is 0 Å². The Kier molecular flexibility index (Phi) is 3.95. The lowest BCUT2D eigenvalue weighted by atomic mass is 10.0. The Hall–Kier alpha value is -1.46. The fourth-order valence-corrected chi connectivity index (χ4v) is 5.04. The standard InChI is InChI=1S/C16H20N2O2S/c1-2-14-9-3-4-12-18(14)21(19,20)15-10-5-7-13-8-6-11-17-16(13)15/h5-8,10-11,14H,2-4,9,12H2,1H3. The average Bonchev–Trinajstić information content (AvgIpc) is 2.54. The molecule has 5 heteroatoms. The molecule has 3 rings (SSSR count). The highest BCUT2D eigenvalue weighted by atomic mass is 32.2. The molecule has 1 aromatic heterocycles. The molecule has 1 saturated heterocycles. The largest absolute Gasteiger partial charge is 0.255 e. The summed E-state index contributed by atoms with van der Waals surface area (Å²) in [5.74, 6) is 0. The molecule has 0 bridgehead atoms. The lowest BCUT2D eigenvalue weighted by Crippen LogP contribution is -2.43. The number of sulfonamides is 1. The lowest BCUT2D eigenvalue weighted by molar-refractivity contribution is 0.247. The molecule has 1 fully saturated rings. The van der Waals surface area contributed by atoms with Gasteiger partial charge in [0, 0.05) is 24.2 Å². The van der Waals surface area contributed by atoms with Gasteiger partial charge in [0.1, 0.15) is 4.90 Å². The van der Waals surface area contributed by atoms with E-state index in [0.717, 1.165) is 31.1 Å². The first-order valence-electron chi connectivity index (χ1n) is 7.50. The first-order valence-corrected chi connectivity index (χ1v) is 8.94. The van der Waals surface area contributed by atoms with E-state index in [2.05, 4.69) is 11.9 Å². The Labute approximate surface area is 125 Å². The molecule has 1 aliphatic rings. The Morgan fingerprint density at radius 2 is 2.05 bits per heavy atom. The van der Waals surface area contributed by atoms with E-state index in [1.807, 2.05) is 18.2 Å². The third-order valence-corrected chi connectivity index (χ3v) is 6.21. The molecule has 0 amide bonds. The van der Waals surface area contributed by atoms with Crippen LogP contribution in [0.2, 0.25) is 0 Å². The van der Waals surface area contributed by atoms with Crippen molar-refractivity contribution in [2.45, 2.75) is 43.5 Å². The van der Waals surface area contributed by atoms with Crippen LogP contribution in [0.25, 0.3) is 10.9 Å². The fourth-order valence-electron chi connectivity index (χ4n) is 3.11. The monoisotopic (exact) mass is 304 g/mol. The Morgan fingerprint density at radius 1 is 1.24 bits per heavy atom. The molecule has 0 N–H and O–H groups in total. The van der Waals surface area contributed by atoms with Gasteiger partial charge in [-0.15, -0.1) is 0 Å². The zero-order valence-electron chi connectivity index (χ0n) is 12.2. The number of benzene rings is 1. The van der Waals surface area contributed by atoms with E-state index in [9.17, 15) is 8.42 Å². The number of piperidine rings is 1. The summed E-state index contributed by atoms with van der Waals surface area (Å²) < 4.78 is 27.8. The molecule has 112 valence electrons. The van der Waals surface area contributed by atoms with Gasteiger partial charge in [-0.1, -0.05) is 31.5 Å². The van der Waals surface area contributed by atoms with Crippen molar-refractivity contribution < 1.29 is 8.42 Å². The van der Waals surface area contributed by atoms with Gasteiger partial charge in [0.15, 0.2) is 0 Å². The van der Waals surface area contributed by atoms with Gasteiger partial charge < -0.3 is 0 Å². The van der Waals surface area contributed by atoms with Crippen molar-refractivity contribution in [3.63, 3.8) is 0 Å². The number of rotatable bonds is 3. The smallest absolute Gasteiger partial charge is 0.245 e. The first-order chi connectivity index (χ1) is 10.1. The minimum atomic E-state index is -3.48. The summed E-state index contributed by atoms with van der Waals surface area (Å²) in [5, 5.41) is 0.864. The van der Waals surface area contributed by atoms with E-state index in [0.29, 0.717) is 17.0 Å². The summed E-state index contributed by atoms with van der Waals surface area (Å²) in [4.78, 5) is 4.62. The van der Waals surface area contributed by atoms with Gasteiger partial charge >= 0.3 is 0 Å². The highest BCUT2D eigenvalue weighted by Gasteiger charge is 2.33. The van der Waals surface area contributed by atoms with E-state index >= 15 is 0 Å². The van der Waals surface area contributed by atoms with Gasteiger partial charge in [-0.2, -0.15) is 4.31 Å². The number of para-hydroxylation sites is 1. The minimum absolute atomic E-state index is 0.114. The van der Waals surface area contributed by atoms with Crippen LogP contribution in [0.3, 0.4) is 0 Å². The predicted molar refractivity (Wildman–Crippen MR) is 83.6 cm³/mol. The van der Waals surface area contributed by atoms with Gasteiger partial charge in [0.2, 0.25) is 10.0 Å². The molecular formula is C16H20N2O2S. The van der Waals surface area contributed by atoms with E-state index in [-0.39, 0.29) is 6.04 Å². The molecule has 1 unspecified atom stereocenters. The fraction of sp³-hybridized carbons (Fsp3) is 0.438.